The van der Waals surface area contributed by atoms with Crippen molar-refractivity contribution in [2.24, 2.45) is 0 Å². The summed E-state index contributed by atoms with van der Waals surface area (Å²) >= 11 is 0. The van der Waals surface area contributed by atoms with Crippen molar-refractivity contribution in [2.75, 3.05) is 0 Å². The zero-order valence-electron chi connectivity index (χ0n) is 20.1. The van der Waals surface area contributed by atoms with E-state index in [4.69, 9.17) is 18.3 Å². The van der Waals surface area contributed by atoms with Crippen molar-refractivity contribution in [3.63, 3.8) is 0 Å². The fourth-order valence-electron chi connectivity index (χ4n) is 3.11. The second-order valence-corrected chi connectivity index (χ2v) is 19.2. The van der Waals surface area contributed by atoms with E-state index in [2.05, 4.69) is 20.0 Å². The Bertz CT molecular complexity index is 400. The van der Waals surface area contributed by atoms with Gasteiger partial charge in [0, 0.05) is 0 Å². The molecule has 0 aliphatic rings. The standard InChI is InChI=1S/C21H48O5Si3/c1-7-8-9-10-11-12-13-14-15-16-17-18-19-20-21-29(5,6)26-24-27(22)23-25-28(2,3)4/h7-21H2,1-6H3. The summed E-state index contributed by atoms with van der Waals surface area (Å²) in [7, 11) is -6.57. The van der Waals surface area contributed by atoms with Crippen LogP contribution in [0, 0.1) is 0 Å². The highest BCUT2D eigenvalue weighted by molar-refractivity contribution is 6.71. The summed E-state index contributed by atoms with van der Waals surface area (Å²) in [5.74, 6) is 0. The van der Waals surface area contributed by atoms with Crippen molar-refractivity contribution in [3.8, 4) is 0 Å². The molecule has 8 heteroatoms. The van der Waals surface area contributed by atoms with Crippen LogP contribution in [-0.4, -0.2) is 25.8 Å². The highest BCUT2D eigenvalue weighted by atomic mass is 28.4. The maximum Gasteiger partial charge on any atom is 0.833 e. The van der Waals surface area contributed by atoms with E-state index in [1.807, 2.05) is 19.6 Å². The van der Waals surface area contributed by atoms with Crippen molar-refractivity contribution in [2.45, 2.75) is 136 Å². The topological polar surface area (TPSA) is 54.0 Å². The lowest BCUT2D eigenvalue weighted by Crippen LogP contribution is -2.34. The van der Waals surface area contributed by atoms with Crippen LogP contribution in [0.2, 0.25) is 38.8 Å². The fourth-order valence-corrected chi connectivity index (χ4v) is 6.77. The number of hydrogen-bond donors (Lipinski definition) is 0. The van der Waals surface area contributed by atoms with E-state index in [0.29, 0.717) is 0 Å². The molecule has 0 spiro atoms. The van der Waals surface area contributed by atoms with E-state index in [1.54, 1.807) is 0 Å². The Hall–Kier alpha value is -0.0294. The van der Waals surface area contributed by atoms with Gasteiger partial charge in [-0.25, -0.2) is 0 Å². The highest BCUT2D eigenvalue weighted by Gasteiger charge is 2.29. The predicted molar refractivity (Wildman–Crippen MR) is 127 cm³/mol. The van der Waals surface area contributed by atoms with Gasteiger partial charge in [0.05, 0.1) is 0 Å². The first-order chi connectivity index (χ1) is 13.7. The van der Waals surface area contributed by atoms with Crippen LogP contribution in [0.15, 0.2) is 0 Å². The molecule has 0 fully saturated rings. The average Bonchev–Trinajstić information content (AvgIpc) is 2.64. The van der Waals surface area contributed by atoms with Gasteiger partial charge < -0.3 is 9.15 Å². The molecule has 174 valence electrons. The molecule has 0 bridgehead atoms. The molecule has 5 nitrogen and oxygen atoms in total. The normalized spacial score (nSPS) is 12.2. The average molecular weight is 465 g/mol. The second kappa shape index (κ2) is 17.6. The summed E-state index contributed by atoms with van der Waals surface area (Å²) in [4.78, 5) is 0. The molecule has 0 aliphatic carbocycles. The van der Waals surface area contributed by atoms with Gasteiger partial charge in [-0.3, -0.25) is 13.6 Å². The molecule has 0 aromatic carbocycles. The van der Waals surface area contributed by atoms with Crippen molar-refractivity contribution < 1.29 is 22.8 Å². The van der Waals surface area contributed by atoms with E-state index in [9.17, 15) is 4.46 Å². The monoisotopic (exact) mass is 464 g/mol. The zero-order valence-corrected chi connectivity index (χ0v) is 23.1. The van der Waals surface area contributed by atoms with Crippen molar-refractivity contribution in [1.29, 1.82) is 0 Å². The minimum atomic E-state index is -2.74. The molecule has 0 radical (unpaired) electrons. The van der Waals surface area contributed by atoms with Gasteiger partial charge in [-0.1, -0.05) is 96.8 Å². The molecule has 0 unspecified atom stereocenters. The molecular formula is C21H48O5Si3. The lowest BCUT2D eigenvalue weighted by Gasteiger charge is -2.21. The third kappa shape index (κ3) is 22.5. The molecule has 0 saturated heterocycles. The fraction of sp³-hybridized carbons (Fsp3) is 1.00. The van der Waals surface area contributed by atoms with Gasteiger partial charge in [-0.05, 0) is 38.8 Å². The number of hydrogen-bond acceptors (Lipinski definition) is 5. The van der Waals surface area contributed by atoms with E-state index in [1.165, 1.54) is 83.5 Å². The van der Waals surface area contributed by atoms with E-state index >= 15 is 0 Å². The molecule has 0 atom stereocenters. The third-order valence-electron chi connectivity index (χ3n) is 4.83. The smallest absolute Gasteiger partial charge is 0.339 e. The van der Waals surface area contributed by atoms with Gasteiger partial charge in [-0.15, -0.1) is 0 Å². The summed E-state index contributed by atoms with van der Waals surface area (Å²) in [5, 5.41) is 0. The molecule has 0 N–H and O–H groups in total. The molecule has 0 aliphatic heterocycles. The van der Waals surface area contributed by atoms with Crippen LogP contribution in [0.5, 0.6) is 0 Å². The summed E-state index contributed by atoms with van der Waals surface area (Å²) in [5.41, 5.74) is 0. The van der Waals surface area contributed by atoms with Gasteiger partial charge in [0.1, 0.15) is 0 Å². The highest BCUT2D eigenvalue weighted by Crippen LogP contribution is 2.18. The summed E-state index contributed by atoms with van der Waals surface area (Å²) in [6, 6.07) is 1.01. The maximum atomic E-state index is 11.7. The molecule has 0 aromatic heterocycles. The molecular weight excluding hydrogens is 416 g/mol. The zero-order chi connectivity index (χ0) is 22.0. The van der Waals surface area contributed by atoms with Crippen LogP contribution in [0.3, 0.4) is 0 Å². The Morgan fingerprint density at radius 3 is 1.38 bits per heavy atom. The van der Waals surface area contributed by atoms with Gasteiger partial charge in [0.15, 0.2) is 0 Å². The lowest BCUT2D eigenvalue weighted by atomic mass is 10.0. The molecule has 29 heavy (non-hydrogen) atoms. The van der Waals surface area contributed by atoms with Gasteiger partial charge >= 0.3 is 9.17 Å². The maximum absolute atomic E-state index is 11.7. The number of unbranched alkanes of at least 4 members (excludes halogenated alkanes) is 13. The quantitative estimate of drug-likeness (QED) is 0.0750. The first-order valence-electron chi connectivity index (χ1n) is 11.9. The Kier molecular flexibility index (Phi) is 17.6. The summed E-state index contributed by atoms with van der Waals surface area (Å²) < 4.78 is 32.0. The van der Waals surface area contributed by atoms with E-state index in [-0.39, 0.29) is 0 Å². The Morgan fingerprint density at radius 1 is 0.586 bits per heavy atom. The third-order valence-corrected chi connectivity index (χ3v) is 8.28. The largest absolute Gasteiger partial charge is 0.833 e. The molecule has 0 rings (SSSR count). The Balaban J connectivity index is 3.47. The van der Waals surface area contributed by atoms with E-state index < -0.39 is 25.8 Å². The predicted octanol–water partition coefficient (Wildman–Crippen LogP) is 7.82. The van der Waals surface area contributed by atoms with Gasteiger partial charge in [-0.2, -0.15) is 0 Å². The molecule has 0 saturated carbocycles. The van der Waals surface area contributed by atoms with Crippen molar-refractivity contribution in [1.82, 2.24) is 0 Å². The first-order valence-corrected chi connectivity index (χ1v) is 19.7. The van der Waals surface area contributed by atoms with Crippen molar-refractivity contribution >= 4 is 25.8 Å². The minimum Gasteiger partial charge on any atom is -0.339 e. The van der Waals surface area contributed by atoms with Gasteiger partial charge in [0.2, 0.25) is 16.6 Å². The minimum absolute atomic E-state index is 1.01. The van der Waals surface area contributed by atoms with Crippen LogP contribution in [0.1, 0.15) is 96.8 Å². The van der Waals surface area contributed by atoms with Gasteiger partial charge in [0.25, 0.3) is 0 Å². The van der Waals surface area contributed by atoms with Crippen molar-refractivity contribution in [3.05, 3.63) is 0 Å². The van der Waals surface area contributed by atoms with Crippen LogP contribution < -0.4 is 0 Å². The van der Waals surface area contributed by atoms with Crippen LogP contribution >= 0.6 is 0 Å². The van der Waals surface area contributed by atoms with E-state index in [0.717, 1.165) is 12.5 Å². The lowest BCUT2D eigenvalue weighted by molar-refractivity contribution is -0.205. The molecule has 0 heterocycles. The summed E-state index contributed by atoms with van der Waals surface area (Å²) in [6.45, 7) is 12.3. The van der Waals surface area contributed by atoms with Crippen LogP contribution in [0.25, 0.3) is 0 Å². The second-order valence-electron chi connectivity index (χ2n) is 9.80. The van der Waals surface area contributed by atoms with Crippen LogP contribution in [-0.2, 0) is 22.8 Å². The summed E-state index contributed by atoms with van der Waals surface area (Å²) in [6.07, 6.45) is 19.0. The Morgan fingerprint density at radius 2 is 0.966 bits per heavy atom. The molecule has 0 amide bonds. The molecule has 0 aromatic rings. The SMILES string of the molecule is CCCCCCCCCCCCCCCC[Si](C)(C)OO[Si](=O)OO[Si](C)(C)C. The number of rotatable bonds is 21. The first kappa shape index (κ1) is 29.0. The Labute approximate surface area is 184 Å². The van der Waals surface area contributed by atoms with Crippen LogP contribution in [0.4, 0.5) is 0 Å².